The summed E-state index contributed by atoms with van der Waals surface area (Å²) in [4.78, 5) is 5.46. The Kier molecular flexibility index (Phi) is 12.7. The molecule has 2 rings (SSSR count). The number of allylic oxidation sites excluding steroid dienone is 4. The number of halogens is 3. The lowest BCUT2D eigenvalue weighted by Crippen LogP contribution is -2.16. The molecule has 1 aromatic heterocycles. The van der Waals surface area contributed by atoms with Crippen LogP contribution >= 0.6 is 11.3 Å². The van der Waals surface area contributed by atoms with E-state index in [9.17, 15) is 13.2 Å². The first-order valence-electron chi connectivity index (χ1n) is 9.55. The van der Waals surface area contributed by atoms with Gasteiger partial charge in [0.05, 0.1) is 22.0 Å². The van der Waals surface area contributed by atoms with Crippen LogP contribution in [0.1, 0.15) is 44.4 Å². The zero-order valence-corrected chi connectivity index (χ0v) is 18.8. The SMILES string of the molecule is C=C(NCC1=CC=CCO1)c1ccc(C(/C=C(\C)C(F)(F)F)=NC)s1.CC.CC. The molecule has 29 heavy (non-hydrogen) atoms. The smallest absolute Gasteiger partial charge is 0.412 e. The second-order valence-corrected chi connectivity index (χ2v) is 6.39. The van der Waals surface area contributed by atoms with Crippen LogP contribution in [0.3, 0.4) is 0 Å². The molecule has 2 heterocycles. The second-order valence-electron chi connectivity index (χ2n) is 5.30. The minimum absolute atomic E-state index is 0.294. The van der Waals surface area contributed by atoms with Crippen molar-refractivity contribution >= 4 is 22.7 Å². The fourth-order valence-corrected chi connectivity index (χ4v) is 2.95. The first-order chi connectivity index (χ1) is 13.8. The molecule has 0 atom stereocenters. The molecule has 0 aromatic carbocycles. The summed E-state index contributed by atoms with van der Waals surface area (Å²) in [5, 5.41) is 3.16. The van der Waals surface area contributed by atoms with Crippen molar-refractivity contribution in [1.29, 1.82) is 0 Å². The third-order valence-electron chi connectivity index (χ3n) is 3.46. The van der Waals surface area contributed by atoms with Crippen molar-refractivity contribution in [3.05, 3.63) is 64.1 Å². The Balaban J connectivity index is 0.00000184. The van der Waals surface area contributed by atoms with Crippen LogP contribution in [-0.4, -0.2) is 32.1 Å². The van der Waals surface area contributed by atoms with Crippen molar-refractivity contribution in [2.24, 2.45) is 4.99 Å². The Labute approximate surface area is 176 Å². The predicted octanol–water partition coefficient (Wildman–Crippen LogP) is 6.76. The van der Waals surface area contributed by atoms with Gasteiger partial charge in [-0.1, -0.05) is 40.3 Å². The van der Waals surface area contributed by atoms with Gasteiger partial charge in [-0.2, -0.15) is 13.2 Å². The highest BCUT2D eigenvalue weighted by Crippen LogP contribution is 2.27. The first-order valence-corrected chi connectivity index (χ1v) is 10.4. The van der Waals surface area contributed by atoms with E-state index in [1.165, 1.54) is 18.4 Å². The fourth-order valence-electron chi connectivity index (χ4n) is 2.00. The number of alkyl halides is 3. The number of hydrogen-bond donors (Lipinski definition) is 1. The molecule has 0 saturated heterocycles. The number of nitrogens with zero attached hydrogens (tertiary/aromatic N) is 1. The molecule has 1 N–H and O–H groups in total. The lowest BCUT2D eigenvalue weighted by Gasteiger charge is -2.13. The van der Waals surface area contributed by atoms with Gasteiger partial charge in [0.15, 0.2) is 0 Å². The minimum atomic E-state index is -4.36. The van der Waals surface area contributed by atoms with Crippen LogP contribution in [0.2, 0.25) is 0 Å². The zero-order valence-electron chi connectivity index (χ0n) is 18.0. The minimum Gasteiger partial charge on any atom is -0.492 e. The molecule has 1 aliphatic rings. The summed E-state index contributed by atoms with van der Waals surface area (Å²) in [7, 11) is 1.47. The largest absolute Gasteiger partial charge is 0.492 e. The van der Waals surface area contributed by atoms with Crippen molar-refractivity contribution in [1.82, 2.24) is 5.32 Å². The maximum atomic E-state index is 12.7. The topological polar surface area (TPSA) is 33.6 Å². The van der Waals surface area contributed by atoms with Crippen LogP contribution in [0.15, 0.2) is 59.3 Å². The number of nitrogens with one attached hydrogen (secondary N) is 1. The van der Waals surface area contributed by atoms with E-state index < -0.39 is 11.7 Å². The summed E-state index contributed by atoms with van der Waals surface area (Å²) in [5.41, 5.74) is 0.291. The van der Waals surface area contributed by atoms with E-state index in [2.05, 4.69) is 16.9 Å². The van der Waals surface area contributed by atoms with Gasteiger partial charge in [-0.15, -0.1) is 11.3 Å². The van der Waals surface area contributed by atoms with Gasteiger partial charge in [0.25, 0.3) is 0 Å². The van der Waals surface area contributed by atoms with Gasteiger partial charge in [-0.05, 0) is 37.3 Å². The van der Waals surface area contributed by atoms with Crippen LogP contribution in [0.5, 0.6) is 0 Å². The molecule has 0 unspecified atom stereocenters. The summed E-state index contributed by atoms with van der Waals surface area (Å²) in [5.74, 6) is 0.806. The Morgan fingerprint density at radius 2 is 1.86 bits per heavy atom. The molecule has 162 valence electrons. The van der Waals surface area contributed by atoms with Crippen LogP contribution in [0, 0.1) is 0 Å². The van der Waals surface area contributed by atoms with E-state index in [4.69, 9.17) is 4.74 Å². The van der Waals surface area contributed by atoms with Gasteiger partial charge in [-0.3, -0.25) is 4.99 Å². The van der Waals surface area contributed by atoms with Crippen LogP contribution < -0.4 is 5.32 Å². The number of thiophene rings is 1. The molecule has 0 aliphatic carbocycles. The maximum Gasteiger partial charge on any atom is 0.412 e. The fraction of sp³-hybridized carbons (Fsp3) is 0.409. The van der Waals surface area contributed by atoms with Crippen molar-refractivity contribution in [3.63, 3.8) is 0 Å². The molecule has 0 spiro atoms. The quantitative estimate of drug-likeness (QED) is 0.508. The Morgan fingerprint density at radius 1 is 1.24 bits per heavy atom. The van der Waals surface area contributed by atoms with Gasteiger partial charge >= 0.3 is 6.18 Å². The summed E-state index contributed by atoms with van der Waals surface area (Å²) >= 11 is 1.33. The van der Waals surface area contributed by atoms with Gasteiger partial charge in [0.2, 0.25) is 0 Å². The summed E-state index contributed by atoms with van der Waals surface area (Å²) < 4.78 is 43.6. The number of rotatable bonds is 6. The van der Waals surface area contributed by atoms with E-state index in [1.54, 1.807) is 6.07 Å². The third kappa shape index (κ3) is 9.17. The lowest BCUT2D eigenvalue weighted by atomic mass is 10.2. The number of aliphatic imine (C=N–C) groups is 1. The maximum absolute atomic E-state index is 12.7. The molecule has 1 aromatic rings. The van der Waals surface area contributed by atoms with Gasteiger partial charge < -0.3 is 10.1 Å². The van der Waals surface area contributed by atoms with Gasteiger partial charge in [0.1, 0.15) is 12.4 Å². The van der Waals surface area contributed by atoms with E-state index in [-0.39, 0.29) is 0 Å². The monoisotopic (exact) mass is 428 g/mol. The molecule has 1 aliphatic heterocycles. The van der Waals surface area contributed by atoms with Crippen LogP contribution in [0.4, 0.5) is 13.2 Å². The molecular formula is C22H31F3N2OS. The zero-order chi connectivity index (χ0) is 22.4. The number of hydrogen-bond acceptors (Lipinski definition) is 4. The van der Waals surface area contributed by atoms with Crippen molar-refractivity contribution < 1.29 is 17.9 Å². The Morgan fingerprint density at radius 3 is 2.38 bits per heavy atom. The van der Waals surface area contributed by atoms with Gasteiger partial charge in [-0.25, -0.2) is 0 Å². The average Bonchev–Trinajstić information content (AvgIpc) is 3.23. The molecule has 0 saturated carbocycles. The molecular weight excluding hydrogens is 397 g/mol. The standard InChI is InChI=1S/C18H19F3N2OS.2C2H6/c1-12(18(19,20)21)10-15(22-3)17-8-7-16(25-17)13(2)23-11-14-6-4-5-9-24-14;2*1-2/h4-8,10,23H,2,9,11H2,1,3H3;2*1-2H3/b12-10+,22-15?;;. The van der Waals surface area contributed by atoms with Gasteiger partial charge in [0, 0.05) is 18.3 Å². The first kappa shape index (κ1) is 26.7. The lowest BCUT2D eigenvalue weighted by molar-refractivity contribution is -0.0912. The summed E-state index contributed by atoms with van der Waals surface area (Å²) in [6.45, 7) is 14.0. The molecule has 0 bridgehead atoms. The predicted molar refractivity (Wildman–Crippen MR) is 119 cm³/mol. The molecule has 3 nitrogen and oxygen atoms in total. The van der Waals surface area contributed by atoms with Crippen molar-refractivity contribution in [2.75, 3.05) is 20.2 Å². The average molecular weight is 429 g/mol. The summed E-state index contributed by atoms with van der Waals surface area (Å²) in [6.07, 6.45) is 2.40. The van der Waals surface area contributed by atoms with Crippen LogP contribution in [-0.2, 0) is 4.74 Å². The highest BCUT2D eigenvalue weighted by Gasteiger charge is 2.30. The highest BCUT2D eigenvalue weighted by atomic mass is 32.1. The van der Waals surface area contributed by atoms with Crippen molar-refractivity contribution in [3.8, 4) is 0 Å². The van der Waals surface area contributed by atoms with E-state index >= 15 is 0 Å². The Bertz CT molecular complexity index is 756. The normalized spacial score (nSPS) is 13.9. The van der Waals surface area contributed by atoms with E-state index in [0.717, 1.165) is 23.6 Å². The van der Waals surface area contributed by atoms with Crippen molar-refractivity contribution in [2.45, 2.75) is 40.8 Å². The molecule has 0 radical (unpaired) electrons. The number of ether oxygens (including phenoxy) is 1. The second kappa shape index (κ2) is 13.8. The molecule has 0 amide bonds. The highest BCUT2D eigenvalue weighted by molar-refractivity contribution is 7.15. The Hall–Kier alpha value is -2.28. The van der Waals surface area contributed by atoms with E-state index in [0.29, 0.717) is 29.4 Å². The third-order valence-corrected chi connectivity index (χ3v) is 4.62. The molecule has 7 heteroatoms. The molecule has 0 fully saturated rings. The van der Waals surface area contributed by atoms with E-state index in [1.807, 2.05) is 52.0 Å². The summed E-state index contributed by atoms with van der Waals surface area (Å²) in [6, 6.07) is 3.56. The van der Waals surface area contributed by atoms with Crippen LogP contribution in [0.25, 0.3) is 5.70 Å².